The van der Waals surface area contributed by atoms with Crippen LogP contribution in [0.4, 0.5) is 9.18 Å². The molecule has 0 atom stereocenters. The summed E-state index contributed by atoms with van der Waals surface area (Å²) < 4.78 is 26.8. The molecule has 0 unspecified atom stereocenters. The number of halogens is 1. The Morgan fingerprint density at radius 1 is 1.27 bits per heavy atom. The predicted octanol–water partition coefficient (Wildman–Crippen LogP) is 4.66. The Hall–Kier alpha value is -2.04. The highest BCUT2D eigenvalue weighted by atomic mass is 19.1. The van der Waals surface area contributed by atoms with Gasteiger partial charge in [0.15, 0.2) is 11.6 Å². The predicted molar refractivity (Wildman–Crippen MR) is 84.0 cm³/mol. The van der Waals surface area contributed by atoms with Gasteiger partial charge in [-0.15, -0.1) is 0 Å². The molecule has 0 spiro atoms. The van der Waals surface area contributed by atoms with E-state index in [0.29, 0.717) is 16.6 Å². The van der Waals surface area contributed by atoms with Crippen molar-refractivity contribution < 1.29 is 18.7 Å². The number of hydrogen-bond donors (Lipinski definition) is 0. The number of carbonyl (C=O) groups excluding carboxylic acids is 1. The quantitative estimate of drug-likeness (QED) is 0.810. The minimum atomic E-state index is -0.508. The second-order valence-electron chi connectivity index (χ2n) is 6.58. The standard InChI is InChI=1S/C17H22FNO3/c1-10(2)21-16(20)19-11(3)9-12-13(19)7-8-14(15(12)18)22-17(4,5)6/h7-10H,1-6H3. The van der Waals surface area contributed by atoms with E-state index in [2.05, 4.69) is 0 Å². The molecule has 0 aliphatic rings. The molecule has 0 fully saturated rings. The van der Waals surface area contributed by atoms with Crippen molar-refractivity contribution in [2.75, 3.05) is 0 Å². The third-order valence-corrected chi connectivity index (χ3v) is 3.00. The topological polar surface area (TPSA) is 40.5 Å². The SMILES string of the molecule is Cc1cc2c(F)c(OC(C)(C)C)ccc2n1C(=O)OC(C)C. The zero-order valence-corrected chi connectivity index (χ0v) is 13.9. The van der Waals surface area contributed by atoms with Gasteiger partial charge in [0.2, 0.25) is 0 Å². The molecule has 0 saturated heterocycles. The maximum absolute atomic E-state index is 14.6. The Kier molecular flexibility index (Phi) is 4.18. The highest BCUT2D eigenvalue weighted by Gasteiger charge is 2.21. The summed E-state index contributed by atoms with van der Waals surface area (Å²) in [7, 11) is 0. The molecule has 2 aromatic rings. The number of carbonyl (C=O) groups is 1. The van der Waals surface area contributed by atoms with Gasteiger partial charge in [0.25, 0.3) is 0 Å². The minimum Gasteiger partial charge on any atom is -0.485 e. The fourth-order valence-corrected chi connectivity index (χ4v) is 2.26. The van der Waals surface area contributed by atoms with E-state index < -0.39 is 17.5 Å². The molecule has 0 aliphatic heterocycles. The molecule has 0 aliphatic carbocycles. The first-order valence-corrected chi connectivity index (χ1v) is 7.30. The van der Waals surface area contributed by atoms with E-state index in [-0.39, 0.29) is 11.9 Å². The summed E-state index contributed by atoms with van der Waals surface area (Å²) in [4.78, 5) is 12.2. The van der Waals surface area contributed by atoms with E-state index in [1.54, 1.807) is 39.0 Å². The lowest BCUT2D eigenvalue weighted by Gasteiger charge is -2.21. The first-order valence-electron chi connectivity index (χ1n) is 7.30. The number of nitrogens with zero attached hydrogens (tertiary/aromatic N) is 1. The van der Waals surface area contributed by atoms with Gasteiger partial charge in [-0.3, -0.25) is 0 Å². The molecular formula is C17H22FNO3. The van der Waals surface area contributed by atoms with Crippen molar-refractivity contribution in [3.05, 3.63) is 29.7 Å². The maximum atomic E-state index is 14.6. The van der Waals surface area contributed by atoms with Gasteiger partial charge in [0.1, 0.15) is 5.60 Å². The van der Waals surface area contributed by atoms with Gasteiger partial charge in [-0.25, -0.2) is 13.8 Å². The highest BCUT2D eigenvalue weighted by molar-refractivity contribution is 5.92. The molecule has 1 aromatic heterocycles. The third-order valence-electron chi connectivity index (χ3n) is 3.00. The van der Waals surface area contributed by atoms with Crippen LogP contribution in [0, 0.1) is 12.7 Å². The summed E-state index contributed by atoms with van der Waals surface area (Å²) in [5, 5.41) is 0.347. The summed E-state index contributed by atoms with van der Waals surface area (Å²) >= 11 is 0. The molecule has 0 bridgehead atoms. The number of aryl methyl sites for hydroxylation is 1. The number of ether oxygens (including phenoxy) is 2. The molecule has 1 aromatic carbocycles. The Balaban J connectivity index is 2.53. The summed E-state index contributed by atoms with van der Waals surface area (Å²) in [6.45, 7) is 10.8. The number of hydrogen-bond acceptors (Lipinski definition) is 3. The van der Waals surface area contributed by atoms with Gasteiger partial charge < -0.3 is 9.47 Å². The molecular weight excluding hydrogens is 285 g/mol. The molecule has 4 nitrogen and oxygen atoms in total. The zero-order chi connectivity index (χ0) is 16.7. The molecule has 120 valence electrons. The van der Waals surface area contributed by atoms with Crippen LogP contribution in [0.15, 0.2) is 18.2 Å². The zero-order valence-electron chi connectivity index (χ0n) is 13.9. The maximum Gasteiger partial charge on any atom is 0.418 e. The van der Waals surface area contributed by atoms with Crippen LogP contribution in [-0.2, 0) is 4.74 Å². The van der Waals surface area contributed by atoms with Gasteiger partial charge >= 0.3 is 6.09 Å². The van der Waals surface area contributed by atoms with Crippen LogP contribution < -0.4 is 4.74 Å². The second-order valence-corrected chi connectivity index (χ2v) is 6.58. The number of aromatic nitrogens is 1. The fourth-order valence-electron chi connectivity index (χ4n) is 2.26. The molecule has 1 heterocycles. The molecule has 2 rings (SSSR count). The summed E-state index contributed by atoms with van der Waals surface area (Å²) in [6.07, 6.45) is -0.746. The third kappa shape index (κ3) is 3.24. The van der Waals surface area contributed by atoms with Gasteiger partial charge in [-0.05, 0) is 59.7 Å². The average Bonchev–Trinajstić information content (AvgIpc) is 2.68. The Bertz CT molecular complexity index is 711. The lowest BCUT2D eigenvalue weighted by molar-refractivity contribution is 0.117. The Morgan fingerprint density at radius 3 is 2.45 bits per heavy atom. The van der Waals surface area contributed by atoms with Crippen molar-refractivity contribution in [2.45, 2.75) is 53.2 Å². The van der Waals surface area contributed by atoms with Crippen molar-refractivity contribution in [1.82, 2.24) is 4.57 Å². The van der Waals surface area contributed by atoms with E-state index in [1.165, 1.54) is 4.57 Å². The highest BCUT2D eigenvalue weighted by Crippen LogP contribution is 2.31. The van der Waals surface area contributed by atoms with Crippen molar-refractivity contribution in [3.8, 4) is 5.75 Å². The first kappa shape index (κ1) is 16.3. The monoisotopic (exact) mass is 307 g/mol. The van der Waals surface area contributed by atoms with E-state index in [4.69, 9.17) is 9.47 Å². The number of benzene rings is 1. The lowest BCUT2D eigenvalue weighted by atomic mass is 10.1. The van der Waals surface area contributed by atoms with E-state index in [9.17, 15) is 9.18 Å². The Morgan fingerprint density at radius 2 is 1.91 bits per heavy atom. The Labute approximate surface area is 129 Å². The first-order chi connectivity index (χ1) is 10.1. The van der Waals surface area contributed by atoms with E-state index in [1.807, 2.05) is 20.8 Å². The summed E-state index contributed by atoms with van der Waals surface area (Å²) in [5.74, 6) is -0.291. The van der Waals surface area contributed by atoms with Gasteiger partial charge in [-0.1, -0.05) is 0 Å². The van der Waals surface area contributed by atoms with E-state index >= 15 is 0 Å². The fraction of sp³-hybridized carbons (Fsp3) is 0.471. The number of rotatable bonds is 2. The normalized spacial score (nSPS) is 12.0. The van der Waals surface area contributed by atoms with Gasteiger partial charge in [0, 0.05) is 11.1 Å². The van der Waals surface area contributed by atoms with Crippen LogP contribution in [0.3, 0.4) is 0 Å². The molecule has 0 N–H and O–H groups in total. The van der Waals surface area contributed by atoms with Crippen LogP contribution in [0.5, 0.6) is 5.75 Å². The van der Waals surface area contributed by atoms with Crippen LogP contribution in [0.2, 0.25) is 0 Å². The van der Waals surface area contributed by atoms with Crippen molar-refractivity contribution in [2.24, 2.45) is 0 Å². The van der Waals surface area contributed by atoms with Crippen LogP contribution in [0.1, 0.15) is 40.3 Å². The molecule has 0 radical (unpaired) electrons. The lowest BCUT2D eigenvalue weighted by Crippen LogP contribution is -2.23. The van der Waals surface area contributed by atoms with E-state index in [0.717, 1.165) is 0 Å². The molecule has 0 amide bonds. The van der Waals surface area contributed by atoms with Gasteiger partial charge in [-0.2, -0.15) is 0 Å². The number of fused-ring (bicyclic) bond motifs is 1. The smallest absolute Gasteiger partial charge is 0.418 e. The van der Waals surface area contributed by atoms with Crippen molar-refractivity contribution in [3.63, 3.8) is 0 Å². The van der Waals surface area contributed by atoms with Crippen molar-refractivity contribution in [1.29, 1.82) is 0 Å². The molecule has 22 heavy (non-hydrogen) atoms. The average molecular weight is 307 g/mol. The molecule has 5 heteroatoms. The van der Waals surface area contributed by atoms with Gasteiger partial charge in [0.05, 0.1) is 11.6 Å². The largest absolute Gasteiger partial charge is 0.485 e. The van der Waals surface area contributed by atoms with Crippen LogP contribution in [0.25, 0.3) is 10.9 Å². The minimum absolute atomic E-state index is 0.175. The summed E-state index contributed by atoms with van der Waals surface area (Å²) in [6, 6.07) is 4.84. The molecule has 0 saturated carbocycles. The van der Waals surface area contributed by atoms with Crippen LogP contribution in [-0.4, -0.2) is 22.4 Å². The van der Waals surface area contributed by atoms with Crippen LogP contribution >= 0.6 is 0 Å². The second kappa shape index (κ2) is 5.63. The summed E-state index contributed by atoms with van der Waals surface area (Å²) in [5.41, 5.74) is 0.595. The van der Waals surface area contributed by atoms with Crippen molar-refractivity contribution >= 4 is 17.0 Å².